The molecule has 1 aromatic rings. The van der Waals surface area contributed by atoms with Crippen molar-refractivity contribution in [3.05, 3.63) is 10.7 Å². The van der Waals surface area contributed by atoms with Crippen molar-refractivity contribution in [2.45, 2.75) is 33.3 Å². The second-order valence-corrected chi connectivity index (χ2v) is 5.36. The molecule has 0 saturated heterocycles. The fourth-order valence-electron chi connectivity index (χ4n) is 1.00. The maximum atomic E-state index is 11.5. The molecule has 0 bridgehead atoms. The Morgan fingerprint density at radius 1 is 1.41 bits per heavy atom. The Morgan fingerprint density at radius 3 is 2.41 bits per heavy atom. The van der Waals surface area contributed by atoms with Crippen molar-refractivity contribution in [2.24, 2.45) is 0 Å². The summed E-state index contributed by atoms with van der Waals surface area (Å²) in [5.41, 5.74) is -0.142. The van der Waals surface area contributed by atoms with Crippen molar-refractivity contribution in [2.75, 3.05) is 5.32 Å². The van der Waals surface area contributed by atoms with Crippen molar-refractivity contribution in [3.8, 4) is 0 Å². The summed E-state index contributed by atoms with van der Waals surface area (Å²) in [6, 6.07) is 0. The summed E-state index contributed by atoms with van der Waals surface area (Å²) in [7, 11) is 0. The molecule has 0 atom stereocenters. The van der Waals surface area contributed by atoms with E-state index < -0.39 is 17.7 Å². The standard InChI is InChI=1S/C10H14N2O4S/c1-5-6(17-7(11-5)8(13)14)12-9(15)16-10(2,3)4/h1-4H3,(H,12,15)(H,13,14). The molecule has 1 amide bonds. The van der Waals surface area contributed by atoms with Crippen LogP contribution < -0.4 is 5.32 Å². The lowest BCUT2D eigenvalue weighted by atomic mass is 10.2. The predicted octanol–water partition coefficient (Wildman–Crippen LogP) is 2.50. The summed E-state index contributed by atoms with van der Waals surface area (Å²) in [4.78, 5) is 26.0. The molecule has 1 aromatic heterocycles. The van der Waals surface area contributed by atoms with E-state index in [1.807, 2.05) is 0 Å². The molecular formula is C10H14N2O4S. The maximum Gasteiger partial charge on any atom is 0.412 e. The fourth-order valence-corrected chi connectivity index (χ4v) is 1.79. The van der Waals surface area contributed by atoms with E-state index in [4.69, 9.17) is 9.84 Å². The predicted molar refractivity (Wildman–Crippen MR) is 63.7 cm³/mol. The van der Waals surface area contributed by atoms with Gasteiger partial charge in [0.05, 0.1) is 5.69 Å². The van der Waals surface area contributed by atoms with E-state index in [0.717, 1.165) is 11.3 Å². The molecule has 6 nitrogen and oxygen atoms in total. The number of amides is 1. The van der Waals surface area contributed by atoms with Crippen molar-refractivity contribution >= 4 is 28.4 Å². The van der Waals surface area contributed by atoms with E-state index in [1.54, 1.807) is 27.7 Å². The van der Waals surface area contributed by atoms with Crippen molar-refractivity contribution in [1.82, 2.24) is 4.98 Å². The van der Waals surface area contributed by atoms with E-state index in [1.165, 1.54) is 0 Å². The number of carboxylic acid groups (broad SMARTS) is 1. The molecule has 0 saturated carbocycles. The Kier molecular flexibility index (Phi) is 3.72. The van der Waals surface area contributed by atoms with E-state index >= 15 is 0 Å². The van der Waals surface area contributed by atoms with Gasteiger partial charge in [-0.05, 0) is 27.7 Å². The summed E-state index contributed by atoms with van der Waals surface area (Å²) in [5.74, 6) is -1.12. The zero-order valence-corrected chi connectivity index (χ0v) is 10.8. The number of thiazole rings is 1. The summed E-state index contributed by atoms with van der Waals surface area (Å²) in [6.07, 6.45) is -0.624. The number of aryl methyl sites for hydroxylation is 1. The minimum atomic E-state index is -1.12. The summed E-state index contributed by atoms with van der Waals surface area (Å²) < 4.78 is 5.05. The smallest absolute Gasteiger partial charge is 0.412 e. The average Bonchev–Trinajstić information content (AvgIpc) is 2.44. The number of rotatable bonds is 2. The van der Waals surface area contributed by atoms with Crippen LogP contribution in [0.25, 0.3) is 0 Å². The van der Waals surface area contributed by atoms with Crippen LogP contribution in [0.1, 0.15) is 36.3 Å². The van der Waals surface area contributed by atoms with Gasteiger partial charge >= 0.3 is 12.1 Å². The third kappa shape index (κ3) is 4.03. The van der Waals surface area contributed by atoms with Crippen LogP contribution in [0.3, 0.4) is 0 Å². The lowest BCUT2D eigenvalue weighted by Gasteiger charge is -2.19. The number of anilines is 1. The second-order valence-electron chi connectivity index (χ2n) is 4.37. The number of nitrogens with one attached hydrogen (secondary N) is 1. The highest BCUT2D eigenvalue weighted by molar-refractivity contribution is 7.17. The first-order valence-corrected chi connectivity index (χ1v) is 5.71. The van der Waals surface area contributed by atoms with E-state index in [2.05, 4.69) is 10.3 Å². The second kappa shape index (κ2) is 4.70. The van der Waals surface area contributed by atoms with E-state index in [-0.39, 0.29) is 5.01 Å². The molecule has 0 aliphatic heterocycles. The van der Waals surface area contributed by atoms with Gasteiger partial charge in [-0.2, -0.15) is 0 Å². The Labute approximate surface area is 103 Å². The van der Waals surface area contributed by atoms with Crippen LogP contribution in [0.2, 0.25) is 0 Å². The van der Waals surface area contributed by atoms with Gasteiger partial charge in [0.25, 0.3) is 0 Å². The molecule has 0 aliphatic rings. The van der Waals surface area contributed by atoms with Gasteiger partial charge < -0.3 is 9.84 Å². The highest BCUT2D eigenvalue weighted by Gasteiger charge is 2.19. The highest BCUT2D eigenvalue weighted by Crippen LogP contribution is 2.24. The molecule has 2 N–H and O–H groups in total. The lowest BCUT2D eigenvalue weighted by molar-refractivity contribution is 0.0634. The number of hydrogen-bond donors (Lipinski definition) is 2. The minimum absolute atomic E-state index is 0.0615. The van der Waals surface area contributed by atoms with Crippen molar-refractivity contribution in [3.63, 3.8) is 0 Å². The van der Waals surface area contributed by atoms with Gasteiger partial charge in [-0.1, -0.05) is 11.3 Å². The molecule has 0 aliphatic carbocycles. The fraction of sp³-hybridized carbons (Fsp3) is 0.500. The van der Waals surface area contributed by atoms with Gasteiger partial charge in [0.2, 0.25) is 5.01 Å². The van der Waals surface area contributed by atoms with Gasteiger partial charge in [0, 0.05) is 0 Å². The molecule has 1 rings (SSSR count). The Hall–Kier alpha value is -1.63. The number of hydrogen-bond acceptors (Lipinski definition) is 5. The number of nitrogens with zero attached hydrogens (tertiary/aromatic N) is 1. The van der Waals surface area contributed by atoms with Crippen LogP contribution >= 0.6 is 11.3 Å². The molecule has 0 aromatic carbocycles. The summed E-state index contributed by atoms with van der Waals surface area (Å²) >= 11 is 0.899. The molecule has 7 heteroatoms. The average molecular weight is 258 g/mol. The van der Waals surface area contributed by atoms with Crippen LogP contribution in [0.5, 0.6) is 0 Å². The van der Waals surface area contributed by atoms with Gasteiger partial charge in [-0.25, -0.2) is 14.6 Å². The van der Waals surface area contributed by atoms with Gasteiger partial charge in [-0.15, -0.1) is 0 Å². The summed E-state index contributed by atoms with van der Waals surface area (Å²) in [6.45, 7) is 6.86. The van der Waals surface area contributed by atoms with Gasteiger partial charge in [-0.3, -0.25) is 5.32 Å². The number of carbonyl (C=O) groups excluding carboxylic acids is 1. The third-order valence-corrected chi connectivity index (χ3v) is 2.65. The number of carboxylic acids is 1. The maximum absolute atomic E-state index is 11.5. The molecule has 0 unspecified atom stereocenters. The first kappa shape index (κ1) is 13.4. The summed E-state index contributed by atoms with van der Waals surface area (Å²) in [5, 5.41) is 11.5. The van der Waals surface area contributed by atoms with Crippen LogP contribution in [0.15, 0.2) is 0 Å². The van der Waals surface area contributed by atoms with Crippen LogP contribution in [0.4, 0.5) is 9.80 Å². The first-order valence-electron chi connectivity index (χ1n) is 4.90. The molecule has 0 fully saturated rings. The zero-order chi connectivity index (χ0) is 13.2. The Balaban J connectivity index is 2.75. The normalized spacial score (nSPS) is 11.1. The third-order valence-electron chi connectivity index (χ3n) is 1.59. The first-order chi connectivity index (χ1) is 7.69. The van der Waals surface area contributed by atoms with Gasteiger partial charge in [0.15, 0.2) is 0 Å². The SMILES string of the molecule is Cc1nc(C(=O)O)sc1NC(=O)OC(C)(C)C. The molecule has 94 valence electrons. The molecular weight excluding hydrogens is 244 g/mol. The molecule has 17 heavy (non-hydrogen) atoms. The van der Waals surface area contributed by atoms with E-state index in [9.17, 15) is 9.59 Å². The zero-order valence-electron chi connectivity index (χ0n) is 10.0. The van der Waals surface area contributed by atoms with Crippen LogP contribution in [-0.2, 0) is 4.74 Å². The number of aromatic nitrogens is 1. The molecule has 0 spiro atoms. The lowest BCUT2D eigenvalue weighted by Crippen LogP contribution is -2.27. The minimum Gasteiger partial charge on any atom is -0.476 e. The van der Waals surface area contributed by atoms with Crippen LogP contribution in [-0.4, -0.2) is 27.8 Å². The topological polar surface area (TPSA) is 88.5 Å². The van der Waals surface area contributed by atoms with Crippen molar-refractivity contribution < 1.29 is 19.4 Å². The Morgan fingerprint density at radius 2 is 2.00 bits per heavy atom. The number of carbonyl (C=O) groups is 2. The number of aromatic carboxylic acids is 1. The largest absolute Gasteiger partial charge is 0.476 e. The van der Waals surface area contributed by atoms with E-state index in [0.29, 0.717) is 10.7 Å². The van der Waals surface area contributed by atoms with Gasteiger partial charge in [0.1, 0.15) is 10.6 Å². The highest BCUT2D eigenvalue weighted by atomic mass is 32.1. The number of ether oxygens (including phenoxy) is 1. The molecule has 1 heterocycles. The Bertz CT molecular complexity index is 448. The molecule has 0 radical (unpaired) electrons. The quantitative estimate of drug-likeness (QED) is 0.850. The van der Waals surface area contributed by atoms with Crippen molar-refractivity contribution in [1.29, 1.82) is 0 Å². The monoisotopic (exact) mass is 258 g/mol. The van der Waals surface area contributed by atoms with Crippen LogP contribution in [0, 0.1) is 6.92 Å².